The maximum Gasteiger partial charge on any atom is 0.258 e. The minimum absolute atomic E-state index is 0.0840. The van der Waals surface area contributed by atoms with Crippen LogP contribution in [0.5, 0.6) is 0 Å². The van der Waals surface area contributed by atoms with Gasteiger partial charge in [-0.2, -0.15) is 0 Å². The van der Waals surface area contributed by atoms with Gasteiger partial charge in [-0.3, -0.25) is 4.79 Å². The summed E-state index contributed by atoms with van der Waals surface area (Å²) >= 11 is 5.75. The molecule has 82 valence electrons. The standard InChI is InChI=1S/C10H12ClNO3/c11-9-8(2-6-15-9)10(13)12-3-1-5-14-7-4-12/h2,6H,1,3-5,7H2. The van der Waals surface area contributed by atoms with E-state index in [1.165, 1.54) is 6.26 Å². The van der Waals surface area contributed by atoms with Gasteiger partial charge in [0.25, 0.3) is 5.91 Å². The summed E-state index contributed by atoms with van der Waals surface area (Å²) in [5.74, 6) is -0.0840. The number of rotatable bonds is 1. The maximum atomic E-state index is 12.0. The van der Waals surface area contributed by atoms with E-state index >= 15 is 0 Å². The fraction of sp³-hybridized carbons (Fsp3) is 0.500. The predicted molar refractivity (Wildman–Crippen MR) is 55.1 cm³/mol. The molecule has 0 aromatic carbocycles. The van der Waals surface area contributed by atoms with E-state index in [-0.39, 0.29) is 11.1 Å². The van der Waals surface area contributed by atoms with Gasteiger partial charge in [-0.1, -0.05) is 0 Å². The Morgan fingerprint density at radius 2 is 2.27 bits per heavy atom. The average molecular weight is 230 g/mol. The second-order valence-corrected chi connectivity index (χ2v) is 3.71. The van der Waals surface area contributed by atoms with Gasteiger partial charge in [-0.15, -0.1) is 0 Å². The highest BCUT2D eigenvalue weighted by molar-refractivity contribution is 6.32. The Kier molecular flexibility index (Phi) is 3.28. The molecule has 1 aliphatic heterocycles. The third kappa shape index (κ3) is 2.33. The predicted octanol–water partition coefficient (Wildman–Crippen LogP) is 1.80. The first-order valence-electron chi connectivity index (χ1n) is 4.89. The Balaban J connectivity index is 2.09. The number of nitrogens with zero attached hydrogens (tertiary/aromatic N) is 1. The Hall–Kier alpha value is -1.00. The zero-order valence-electron chi connectivity index (χ0n) is 8.24. The van der Waals surface area contributed by atoms with Crippen molar-refractivity contribution >= 4 is 17.5 Å². The number of furan rings is 1. The van der Waals surface area contributed by atoms with E-state index < -0.39 is 0 Å². The van der Waals surface area contributed by atoms with Crippen LogP contribution < -0.4 is 0 Å². The van der Waals surface area contributed by atoms with Crippen molar-refractivity contribution in [2.75, 3.05) is 26.3 Å². The molecular formula is C10H12ClNO3. The summed E-state index contributed by atoms with van der Waals surface area (Å²) in [5.41, 5.74) is 0.429. The van der Waals surface area contributed by atoms with E-state index in [2.05, 4.69) is 0 Å². The molecule has 4 nitrogen and oxygen atoms in total. The molecule has 0 atom stereocenters. The molecule has 15 heavy (non-hydrogen) atoms. The molecule has 1 amide bonds. The van der Waals surface area contributed by atoms with Crippen molar-refractivity contribution in [3.63, 3.8) is 0 Å². The van der Waals surface area contributed by atoms with Crippen LogP contribution in [0.4, 0.5) is 0 Å². The van der Waals surface area contributed by atoms with Gasteiger partial charge in [-0.25, -0.2) is 0 Å². The van der Waals surface area contributed by atoms with Gasteiger partial charge in [0, 0.05) is 19.7 Å². The lowest BCUT2D eigenvalue weighted by atomic mass is 10.3. The molecule has 1 aromatic rings. The minimum Gasteiger partial charge on any atom is -0.452 e. The molecule has 0 aliphatic carbocycles. The molecule has 5 heteroatoms. The number of amides is 1. The Morgan fingerprint density at radius 3 is 3.00 bits per heavy atom. The van der Waals surface area contributed by atoms with Gasteiger partial charge in [0.2, 0.25) is 5.22 Å². The summed E-state index contributed by atoms with van der Waals surface area (Å²) in [7, 11) is 0. The quantitative estimate of drug-likeness (QED) is 0.738. The second kappa shape index (κ2) is 4.68. The van der Waals surface area contributed by atoms with Crippen molar-refractivity contribution in [3.05, 3.63) is 23.1 Å². The lowest BCUT2D eigenvalue weighted by molar-refractivity contribution is 0.0741. The van der Waals surface area contributed by atoms with Gasteiger partial charge in [0.15, 0.2) is 0 Å². The summed E-state index contributed by atoms with van der Waals surface area (Å²) in [6.07, 6.45) is 2.28. The van der Waals surface area contributed by atoms with E-state index in [4.69, 9.17) is 20.8 Å². The van der Waals surface area contributed by atoms with Gasteiger partial charge < -0.3 is 14.1 Å². The number of carbonyl (C=O) groups is 1. The van der Waals surface area contributed by atoms with E-state index in [1.807, 2.05) is 0 Å². The third-order valence-electron chi connectivity index (χ3n) is 2.36. The SMILES string of the molecule is O=C(c1ccoc1Cl)N1CCCOCC1. The molecule has 0 saturated carbocycles. The van der Waals surface area contributed by atoms with Crippen molar-refractivity contribution < 1.29 is 13.9 Å². The highest BCUT2D eigenvalue weighted by Crippen LogP contribution is 2.19. The second-order valence-electron chi connectivity index (χ2n) is 3.37. The number of hydrogen-bond acceptors (Lipinski definition) is 3. The molecule has 1 fully saturated rings. The Bertz CT molecular complexity index is 342. The summed E-state index contributed by atoms with van der Waals surface area (Å²) in [6.45, 7) is 2.62. The van der Waals surface area contributed by atoms with E-state index in [0.29, 0.717) is 31.9 Å². The van der Waals surface area contributed by atoms with Crippen LogP contribution in [-0.2, 0) is 4.74 Å². The van der Waals surface area contributed by atoms with Crippen LogP contribution >= 0.6 is 11.6 Å². The molecular weight excluding hydrogens is 218 g/mol. The summed E-state index contributed by atoms with van der Waals surface area (Å²) in [5, 5.41) is 0.158. The van der Waals surface area contributed by atoms with Gasteiger partial charge in [0.1, 0.15) is 0 Å². The van der Waals surface area contributed by atoms with Crippen LogP contribution in [0.3, 0.4) is 0 Å². The minimum atomic E-state index is -0.0840. The zero-order valence-corrected chi connectivity index (χ0v) is 9.00. The van der Waals surface area contributed by atoms with Crippen molar-refractivity contribution in [2.24, 2.45) is 0 Å². The first kappa shape index (κ1) is 10.5. The summed E-state index contributed by atoms with van der Waals surface area (Å²) in [6, 6.07) is 1.59. The lowest BCUT2D eigenvalue weighted by Gasteiger charge is -2.18. The van der Waals surface area contributed by atoms with Crippen LogP contribution in [0.15, 0.2) is 16.7 Å². The zero-order chi connectivity index (χ0) is 10.7. The normalized spacial score (nSPS) is 17.5. The van der Waals surface area contributed by atoms with E-state index in [0.717, 1.165) is 6.42 Å². The molecule has 0 N–H and O–H groups in total. The number of halogens is 1. The highest BCUT2D eigenvalue weighted by atomic mass is 35.5. The third-order valence-corrected chi connectivity index (χ3v) is 2.65. The fourth-order valence-electron chi connectivity index (χ4n) is 1.57. The first-order chi connectivity index (χ1) is 7.29. The first-order valence-corrected chi connectivity index (χ1v) is 5.27. The van der Waals surface area contributed by atoms with E-state index in [9.17, 15) is 4.79 Å². The molecule has 0 unspecified atom stereocenters. The fourth-order valence-corrected chi connectivity index (χ4v) is 1.76. The van der Waals surface area contributed by atoms with Gasteiger partial charge in [0.05, 0.1) is 18.4 Å². The number of carbonyl (C=O) groups excluding carboxylic acids is 1. The van der Waals surface area contributed by atoms with Crippen LogP contribution in [0.2, 0.25) is 5.22 Å². The van der Waals surface area contributed by atoms with Crippen molar-refractivity contribution in [2.45, 2.75) is 6.42 Å². The van der Waals surface area contributed by atoms with Crippen LogP contribution in [0.1, 0.15) is 16.8 Å². The molecule has 0 spiro atoms. The smallest absolute Gasteiger partial charge is 0.258 e. The topological polar surface area (TPSA) is 42.7 Å². The van der Waals surface area contributed by atoms with Gasteiger partial charge >= 0.3 is 0 Å². The molecule has 1 aromatic heterocycles. The van der Waals surface area contributed by atoms with Crippen molar-refractivity contribution in [3.8, 4) is 0 Å². The van der Waals surface area contributed by atoms with Crippen molar-refractivity contribution in [1.29, 1.82) is 0 Å². The molecule has 1 saturated heterocycles. The Morgan fingerprint density at radius 1 is 1.40 bits per heavy atom. The lowest BCUT2D eigenvalue weighted by Crippen LogP contribution is -2.33. The molecule has 0 radical (unpaired) electrons. The van der Waals surface area contributed by atoms with Crippen molar-refractivity contribution in [1.82, 2.24) is 4.90 Å². The van der Waals surface area contributed by atoms with E-state index in [1.54, 1.807) is 11.0 Å². The highest BCUT2D eigenvalue weighted by Gasteiger charge is 2.21. The molecule has 0 bridgehead atoms. The maximum absolute atomic E-state index is 12.0. The number of ether oxygens (including phenoxy) is 1. The summed E-state index contributed by atoms with van der Waals surface area (Å²) in [4.78, 5) is 13.7. The Labute approximate surface area is 92.7 Å². The van der Waals surface area contributed by atoms with Crippen LogP contribution in [0.25, 0.3) is 0 Å². The monoisotopic (exact) mass is 229 g/mol. The van der Waals surface area contributed by atoms with Gasteiger partial charge in [-0.05, 0) is 24.1 Å². The molecule has 1 aliphatic rings. The molecule has 2 heterocycles. The average Bonchev–Trinajstić information content (AvgIpc) is 2.53. The van der Waals surface area contributed by atoms with Crippen LogP contribution in [-0.4, -0.2) is 37.1 Å². The number of hydrogen-bond donors (Lipinski definition) is 0. The largest absolute Gasteiger partial charge is 0.452 e. The van der Waals surface area contributed by atoms with Crippen LogP contribution in [0, 0.1) is 0 Å². The summed E-state index contributed by atoms with van der Waals surface area (Å²) < 4.78 is 10.2. The molecule has 2 rings (SSSR count).